The Hall–Kier alpha value is -1.35. The molecule has 0 fully saturated rings. The predicted molar refractivity (Wildman–Crippen MR) is 64.5 cm³/mol. The van der Waals surface area contributed by atoms with Crippen molar-refractivity contribution in [1.29, 1.82) is 0 Å². The summed E-state index contributed by atoms with van der Waals surface area (Å²) in [7, 11) is 0. The molecule has 0 heterocycles. The van der Waals surface area contributed by atoms with E-state index in [9.17, 15) is 4.39 Å². The molecule has 88 valence electrons. The average Bonchev–Trinajstić information content (AvgIpc) is 2.27. The number of halogens is 1. The fourth-order valence-corrected chi connectivity index (χ4v) is 1.44. The number of nitrogens with one attached hydrogen (secondary N) is 1. The van der Waals surface area contributed by atoms with Gasteiger partial charge in [-0.1, -0.05) is 18.2 Å². The van der Waals surface area contributed by atoms with Crippen LogP contribution in [-0.4, -0.2) is 18.3 Å². The van der Waals surface area contributed by atoms with Crippen LogP contribution in [0.4, 0.5) is 4.39 Å². The lowest BCUT2D eigenvalue weighted by Gasteiger charge is -2.10. The molecule has 0 saturated carbocycles. The molecule has 1 rings (SSSR count). The third-order valence-corrected chi connectivity index (χ3v) is 2.37. The molecule has 0 spiro atoms. The van der Waals surface area contributed by atoms with Gasteiger partial charge in [-0.3, -0.25) is 0 Å². The van der Waals surface area contributed by atoms with Crippen molar-refractivity contribution in [2.45, 2.75) is 19.8 Å². The summed E-state index contributed by atoms with van der Waals surface area (Å²) < 4.78 is 13.5. The Bertz CT molecular complexity index is 363. The molecule has 0 aromatic heterocycles. The van der Waals surface area contributed by atoms with Gasteiger partial charge in [0.25, 0.3) is 0 Å². The highest BCUT2D eigenvalue weighted by Crippen LogP contribution is 2.16. The summed E-state index contributed by atoms with van der Waals surface area (Å²) in [5.74, 6) is -0.259. The Kier molecular flexibility index (Phi) is 4.99. The predicted octanol–water partition coefficient (Wildman–Crippen LogP) is 2.47. The molecule has 0 amide bonds. The van der Waals surface area contributed by atoms with Crippen molar-refractivity contribution in [2.75, 3.05) is 13.2 Å². The van der Waals surface area contributed by atoms with E-state index >= 15 is 0 Å². The Morgan fingerprint density at radius 3 is 2.88 bits per heavy atom. The molecule has 0 radical (unpaired) electrons. The van der Waals surface area contributed by atoms with Crippen molar-refractivity contribution in [3.8, 4) is 0 Å². The van der Waals surface area contributed by atoms with Crippen LogP contribution in [0.2, 0.25) is 0 Å². The van der Waals surface area contributed by atoms with E-state index in [1.54, 1.807) is 12.1 Å². The minimum Gasteiger partial charge on any atom is -0.396 e. The lowest BCUT2D eigenvalue weighted by Crippen LogP contribution is -2.14. The van der Waals surface area contributed by atoms with Crippen LogP contribution in [0, 0.1) is 12.7 Å². The van der Waals surface area contributed by atoms with Crippen molar-refractivity contribution >= 4 is 5.70 Å². The molecular weight excluding hydrogens is 205 g/mol. The third kappa shape index (κ3) is 3.66. The minimum atomic E-state index is -0.259. The summed E-state index contributed by atoms with van der Waals surface area (Å²) in [5.41, 5.74) is 2.12. The van der Waals surface area contributed by atoms with Crippen molar-refractivity contribution < 1.29 is 9.50 Å². The van der Waals surface area contributed by atoms with Gasteiger partial charge in [0.05, 0.1) is 0 Å². The first kappa shape index (κ1) is 12.7. The van der Waals surface area contributed by atoms with Gasteiger partial charge >= 0.3 is 0 Å². The number of aryl methyl sites for hydroxylation is 1. The highest BCUT2D eigenvalue weighted by atomic mass is 19.1. The van der Waals surface area contributed by atoms with Crippen LogP contribution in [0.25, 0.3) is 5.70 Å². The summed E-state index contributed by atoms with van der Waals surface area (Å²) >= 11 is 0. The monoisotopic (exact) mass is 223 g/mol. The highest BCUT2D eigenvalue weighted by molar-refractivity contribution is 5.62. The molecule has 0 bridgehead atoms. The molecule has 0 aliphatic carbocycles. The van der Waals surface area contributed by atoms with Crippen LogP contribution in [0.1, 0.15) is 24.0 Å². The standard InChI is InChI=1S/C13H18FNO/c1-10-5-6-13(14)12(9-10)11(2)15-7-3-4-8-16/h5-6,9,15-16H,2-4,7-8H2,1H3. The zero-order valence-electron chi connectivity index (χ0n) is 9.59. The number of aliphatic hydroxyl groups excluding tert-OH is 1. The van der Waals surface area contributed by atoms with Crippen molar-refractivity contribution in [2.24, 2.45) is 0 Å². The van der Waals surface area contributed by atoms with E-state index < -0.39 is 0 Å². The summed E-state index contributed by atoms with van der Waals surface area (Å²) in [5, 5.41) is 11.7. The van der Waals surface area contributed by atoms with Crippen molar-refractivity contribution in [3.05, 3.63) is 41.7 Å². The van der Waals surface area contributed by atoms with Gasteiger partial charge in [0.15, 0.2) is 0 Å². The van der Waals surface area contributed by atoms with Crippen molar-refractivity contribution in [1.82, 2.24) is 5.32 Å². The number of hydrogen-bond acceptors (Lipinski definition) is 2. The van der Waals surface area contributed by atoms with E-state index in [0.29, 0.717) is 17.8 Å². The van der Waals surface area contributed by atoms with Crippen LogP contribution < -0.4 is 5.32 Å². The van der Waals surface area contributed by atoms with E-state index in [-0.39, 0.29) is 12.4 Å². The zero-order chi connectivity index (χ0) is 12.0. The maximum absolute atomic E-state index is 13.5. The Labute approximate surface area is 95.8 Å². The van der Waals surface area contributed by atoms with E-state index in [0.717, 1.165) is 18.4 Å². The molecule has 0 atom stereocenters. The molecule has 0 saturated heterocycles. The van der Waals surface area contributed by atoms with Gasteiger partial charge in [-0.05, 0) is 31.9 Å². The first-order valence-electron chi connectivity index (χ1n) is 5.45. The third-order valence-electron chi connectivity index (χ3n) is 2.37. The first-order valence-corrected chi connectivity index (χ1v) is 5.45. The molecule has 0 aliphatic rings. The Balaban J connectivity index is 2.55. The largest absolute Gasteiger partial charge is 0.396 e. The second-order valence-corrected chi connectivity index (χ2v) is 3.82. The maximum Gasteiger partial charge on any atom is 0.132 e. The molecule has 0 unspecified atom stereocenters. The van der Waals surface area contributed by atoms with E-state index in [4.69, 9.17) is 5.11 Å². The fraction of sp³-hybridized carbons (Fsp3) is 0.385. The SMILES string of the molecule is C=C(NCCCCO)c1cc(C)ccc1F. The van der Waals surface area contributed by atoms with Crippen LogP contribution >= 0.6 is 0 Å². The van der Waals surface area contributed by atoms with Gasteiger partial charge in [-0.25, -0.2) is 4.39 Å². The minimum absolute atomic E-state index is 0.187. The molecule has 2 N–H and O–H groups in total. The van der Waals surface area contributed by atoms with Gasteiger partial charge in [0, 0.05) is 24.4 Å². The fourth-order valence-electron chi connectivity index (χ4n) is 1.44. The van der Waals surface area contributed by atoms with Crippen molar-refractivity contribution in [3.63, 3.8) is 0 Å². The van der Waals surface area contributed by atoms with E-state index in [1.165, 1.54) is 6.07 Å². The topological polar surface area (TPSA) is 32.3 Å². The Morgan fingerprint density at radius 1 is 1.44 bits per heavy atom. The normalized spacial score (nSPS) is 10.2. The molecule has 1 aromatic rings. The van der Waals surface area contributed by atoms with Gasteiger partial charge in [-0.2, -0.15) is 0 Å². The molecule has 0 aliphatic heterocycles. The number of hydrogen-bond donors (Lipinski definition) is 2. The van der Waals surface area contributed by atoms with Gasteiger partial charge in [0.2, 0.25) is 0 Å². The van der Waals surface area contributed by atoms with Crippen LogP contribution in [-0.2, 0) is 0 Å². The van der Waals surface area contributed by atoms with Crippen LogP contribution in [0.3, 0.4) is 0 Å². The molecule has 3 heteroatoms. The number of unbranched alkanes of at least 4 members (excludes halogenated alkanes) is 1. The van der Waals surface area contributed by atoms with Crippen LogP contribution in [0.15, 0.2) is 24.8 Å². The number of benzene rings is 1. The summed E-state index contributed by atoms with van der Waals surface area (Å²) in [6.45, 7) is 6.62. The molecule has 2 nitrogen and oxygen atoms in total. The van der Waals surface area contributed by atoms with E-state index in [1.807, 2.05) is 6.92 Å². The molecular formula is C13H18FNO. The average molecular weight is 223 g/mol. The first-order chi connectivity index (χ1) is 7.65. The second kappa shape index (κ2) is 6.28. The number of aliphatic hydroxyl groups is 1. The van der Waals surface area contributed by atoms with E-state index in [2.05, 4.69) is 11.9 Å². The quantitative estimate of drug-likeness (QED) is 0.726. The maximum atomic E-state index is 13.5. The smallest absolute Gasteiger partial charge is 0.132 e. The number of rotatable bonds is 6. The summed E-state index contributed by atoms with van der Waals surface area (Å²) in [4.78, 5) is 0. The lowest BCUT2D eigenvalue weighted by atomic mass is 10.1. The molecule has 1 aromatic carbocycles. The lowest BCUT2D eigenvalue weighted by molar-refractivity contribution is 0.284. The second-order valence-electron chi connectivity index (χ2n) is 3.82. The highest BCUT2D eigenvalue weighted by Gasteiger charge is 2.05. The van der Waals surface area contributed by atoms with Crippen LogP contribution in [0.5, 0.6) is 0 Å². The van der Waals surface area contributed by atoms with Gasteiger partial charge in [0.1, 0.15) is 5.82 Å². The zero-order valence-corrected chi connectivity index (χ0v) is 9.59. The Morgan fingerprint density at radius 2 is 2.19 bits per heavy atom. The summed E-state index contributed by atoms with van der Waals surface area (Å²) in [6, 6.07) is 4.96. The van der Waals surface area contributed by atoms with Gasteiger partial charge in [-0.15, -0.1) is 0 Å². The molecule has 16 heavy (non-hydrogen) atoms. The van der Waals surface area contributed by atoms with Gasteiger partial charge < -0.3 is 10.4 Å². The summed E-state index contributed by atoms with van der Waals surface area (Å²) in [6.07, 6.45) is 1.60.